The molecule has 0 aliphatic carbocycles. The van der Waals surface area contributed by atoms with Crippen LogP contribution < -0.4 is 5.32 Å². The maximum atomic E-state index is 12.4. The first-order chi connectivity index (χ1) is 13.4. The van der Waals surface area contributed by atoms with Crippen molar-refractivity contribution in [1.82, 2.24) is 4.31 Å². The number of nitrogens with one attached hydrogen (secondary N) is 1. The minimum Gasteiger partial charge on any atom is -0.386 e. The predicted octanol–water partition coefficient (Wildman–Crippen LogP) is 3.01. The molecule has 0 aromatic heterocycles. The van der Waals surface area contributed by atoms with Crippen LogP contribution in [-0.4, -0.2) is 44.5 Å². The molecular weight excluding hydrogens is 378 g/mol. The second-order valence-corrected chi connectivity index (χ2v) is 8.02. The molecule has 0 bridgehead atoms. The van der Waals surface area contributed by atoms with Crippen molar-refractivity contribution in [2.24, 2.45) is 5.16 Å². The summed E-state index contributed by atoms with van der Waals surface area (Å²) in [6, 6.07) is 13.7. The normalized spacial score (nSPS) is 11.7. The molecule has 150 valence electrons. The molecule has 0 radical (unpaired) electrons. The van der Waals surface area contributed by atoms with Crippen LogP contribution >= 0.6 is 0 Å². The summed E-state index contributed by atoms with van der Waals surface area (Å²) in [4.78, 5) is 17.1. The third-order valence-corrected chi connectivity index (χ3v) is 6.09. The highest BCUT2D eigenvalue weighted by molar-refractivity contribution is 7.89. The number of aryl methyl sites for hydroxylation is 1. The number of nitrogens with zero attached hydrogens (tertiary/aromatic N) is 2. The van der Waals surface area contributed by atoms with Gasteiger partial charge in [-0.15, -0.1) is 0 Å². The number of rotatable bonds is 9. The average molecular weight is 404 g/mol. The maximum absolute atomic E-state index is 12.4. The zero-order valence-electron chi connectivity index (χ0n) is 16.3. The molecule has 0 aliphatic rings. The molecule has 1 N–H and O–H groups in total. The second-order valence-electron chi connectivity index (χ2n) is 6.08. The lowest BCUT2D eigenvalue weighted by molar-refractivity contribution is -0.120. The highest BCUT2D eigenvalue weighted by atomic mass is 32.2. The summed E-state index contributed by atoms with van der Waals surface area (Å²) < 4.78 is 26.3. The lowest BCUT2D eigenvalue weighted by Gasteiger charge is -2.18. The fraction of sp³-hybridized carbons (Fsp3) is 0.300. The number of sulfonamides is 1. The number of benzene rings is 2. The summed E-state index contributed by atoms with van der Waals surface area (Å²) in [6.45, 7) is 6.12. The van der Waals surface area contributed by atoms with Gasteiger partial charge in [-0.1, -0.05) is 48.8 Å². The van der Waals surface area contributed by atoms with Crippen molar-refractivity contribution in [1.29, 1.82) is 0 Å². The Morgan fingerprint density at radius 2 is 1.68 bits per heavy atom. The number of carbonyl (C=O) groups is 1. The largest absolute Gasteiger partial charge is 0.386 e. The highest BCUT2D eigenvalue weighted by Crippen LogP contribution is 2.18. The Hall–Kier alpha value is -2.71. The number of anilines is 1. The molecule has 0 heterocycles. The zero-order valence-corrected chi connectivity index (χ0v) is 17.1. The van der Waals surface area contributed by atoms with Gasteiger partial charge in [0.25, 0.3) is 5.91 Å². The Bertz CT molecular complexity index is 903. The number of amides is 1. The Morgan fingerprint density at radius 1 is 1.07 bits per heavy atom. The van der Waals surface area contributed by atoms with Gasteiger partial charge in [0.05, 0.1) is 11.1 Å². The van der Waals surface area contributed by atoms with Crippen molar-refractivity contribution in [2.45, 2.75) is 25.7 Å². The van der Waals surface area contributed by atoms with Crippen LogP contribution in [0.4, 0.5) is 5.69 Å². The molecule has 0 saturated heterocycles. The number of carbonyl (C=O) groups excluding carboxylic acids is 1. The van der Waals surface area contributed by atoms with Gasteiger partial charge in [0.15, 0.2) is 6.61 Å². The predicted molar refractivity (Wildman–Crippen MR) is 110 cm³/mol. The summed E-state index contributed by atoms with van der Waals surface area (Å²) in [5.41, 5.74) is 2.50. The molecule has 2 aromatic carbocycles. The fourth-order valence-electron chi connectivity index (χ4n) is 2.47. The zero-order chi connectivity index (χ0) is 20.6. The highest BCUT2D eigenvalue weighted by Gasteiger charge is 2.21. The minimum atomic E-state index is -3.52. The van der Waals surface area contributed by atoms with Crippen molar-refractivity contribution in [3.8, 4) is 0 Å². The van der Waals surface area contributed by atoms with Crippen LogP contribution in [0.1, 0.15) is 25.0 Å². The van der Waals surface area contributed by atoms with E-state index in [4.69, 9.17) is 4.84 Å². The van der Waals surface area contributed by atoms with Crippen molar-refractivity contribution in [2.75, 3.05) is 25.0 Å². The molecule has 2 rings (SSSR count). The first kappa shape index (κ1) is 21.6. The van der Waals surface area contributed by atoms with Crippen LogP contribution in [0.15, 0.2) is 58.6 Å². The van der Waals surface area contributed by atoms with Crippen LogP contribution in [0.25, 0.3) is 0 Å². The topological polar surface area (TPSA) is 88.1 Å². The van der Waals surface area contributed by atoms with E-state index in [1.54, 1.807) is 26.0 Å². The van der Waals surface area contributed by atoms with Crippen molar-refractivity contribution in [3.63, 3.8) is 0 Å². The van der Waals surface area contributed by atoms with E-state index in [1.807, 2.05) is 31.2 Å². The van der Waals surface area contributed by atoms with E-state index < -0.39 is 10.0 Å². The second kappa shape index (κ2) is 10.0. The Labute approximate surface area is 166 Å². The van der Waals surface area contributed by atoms with Crippen LogP contribution in [-0.2, 0) is 19.7 Å². The summed E-state index contributed by atoms with van der Waals surface area (Å²) in [5.74, 6) is -0.389. The standard InChI is InChI=1S/C20H25N3O4S/c1-4-23(5-2)28(25,26)19-12-10-18(11-13-19)22-20(24)15-27-21-14-17-8-6-16(3)7-9-17/h6-14H,4-5,15H2,1-3H3,(H,22,24)/b21-14-. The van der Waals surface area contributed by atoms with E-state index in [1.165, 1.54) is 22.7 Å². The molecule has 0 aliphatic heterocycles. The third-order valence-electron chi connectivity index (χ3n) is 4.03. The maximum Gasteiger partial charge on any atom is 0.265 e. The SMILES string of the molecule is CCN(CC)S(=O)(=O)c1ccc(NC(=O)CO/N=C\c2ccc(C)cc2)cc1. The Kier molecular flexibility index (Phi) is 7.71. The summed E-state index contributed by atoms with van der Waals surface area (Å²) in [6.07, 6.45) is 1.53. The quantitative estimate of drug-likeness (QED) is 0.515. The lowest BCUT2D eigenvalue weighted by Crippen LogP contribution is -2.30. The van der Waals surface area contributed by atoms with Gasteiger partial charge in [0.2, 0.25) is 10.0 Å². The van der Waals surface area contributed by atoms with Crippen molar-refractivity contribution >= 4 is 27.8 Å². The first-order valence-corrected chi connectivity index (χ1v) is 10.4. The molecule has 1 amide bonds. The lowest BCUT2D eigenvalue weighted by atomic mass is 10.2. The molecule has 7 nitrogen and oxygen atoms in total. The average Bonchev–Trinajstić information content (AvgIpc) is 2.68. The van der Waals surface area contributed by atoms with Crippen molar-refractivity contribution < 1.29 is 18.0 Å². The summed E-state index contributed by atoms with van der Waals surface area (Å²) >= 11 is 0. The smallest absolute Gasteiger partial charge is 0.265 e. The van der Waals surface area contributed by atoms with E-state index in [0.717, 1.165) is 11.1 Å². The van der Waals surface area contributed by atoms with E-state index >= 15 is 0 Å². The molecule has 0 unspecified atom stereocenters. The van der Waals surface area contributed by atoms with E-state index in [2.05, 4.69) is 10.5 Å². The van der Waals surface area contributed by atoms with E-state index in [-0.39, 0.29) is 17.4 Å². The van der Waals surface area contributed by atoms with Crippen molar-refractivity contribution in [3.05, 3.63) is 59.7 Å². The molecule has 8 heteroatoms. The minimum absolute atomic E-state index is 0.188. The third kappa shape index (κ3) is 5.90. The van der Waals surface area contributed by atoms with Crippen LogP contribution in [0.3, 0.4) is 0 Å². The van der Waals surface area contributed by atoms with Gasteiger partial charge in [-0.3, -0.25) is 4.79 Å². The molecule has 0 fully saturated rings. The van der Waals surface area contributed by atoms with Crippen LogP contribution in [0, 0.1) is 6.92 Å². The Morgan fingerprint density at radius 3 is 2.25 bits per heavy atom. The molecule has 0 atom stereocenters. The fourth-order valence-corrected chi connectivity index (χ4v) is 3.92. The van der Waals surface area contributed by atoms with Gasteiger partial charge in [-0.05, 0) is 36.8 Å². The van der Waals surface area contributed by atoms with E-state index in [9.17, 15) is 13.2 Å². The van der Waals surface area contributed by atoms with Gasteiger partial charge in [-0.2, -0.15) is 4.31 Å². The first-order valence-electron chi connectivity index (χ1n) is 8.99. The van der Waals surface area contributed by atoms with E-state index in [0.29, 0.717) is 18.8 Å². The number of hydrogen-bond donors (Lipinski definition) is 1. The number of oxime groups is 1. The van der Waals surface area contributed by atoms with Gasteiger partial charge in [0, 0.05) is 18.8 Å². The number of hydrogen-bond acceptors (Lipinski definition) is 5. The molecule has 28 heavy (non-hydrogen) atoms. The van der Waals surface area contributed by atoms with Gasteiger partial charge < -0.3 is 10.2 Å². The van der Waals surface area contributed by atoms with Gasteiger partial charge in [0.1, 0.15) is 0 Å². The summed E-state index contributed by atoms with van der Waals surface area (Å²) in [7, 11) is -3.52. The molecular formula is C20H25N3O4S. The summed E-state index contributed by atoms with van der Waals surface area (Å²) in [5, 5.41) is 6.40. The molecule has 2 aromatic rings. The monoisotopic (exact) mass is 403 g/mol. The molecule has 0 spiro atoms. The van der Waals surface area contributed by atoms with Crippen LogP contribution in [0.5, 0.6) is 0 Å². The Balaban J connectivity index is 1.88. The van der Waals surface area contributed by atoms with Crippen LogP contribution in [0.2, 0.25) is 0 Å². The van der Waals surface area contributed by atoms with Gasteiger partial charge in [-0.25, -0.2) is 8.42 Å². The van der Waals surface area contributed by atoms with Gasteiger partial charge >= 0.3 is 0 Å². The molecule has 0 saturated carbocycles.